The summed E-state index contributed by atoms with van der Waals surface area (Å²) in [6.45, 7) is 10.5. The van der Waals surface area contributed by atoms with Crippen molar-refractivity contribution in [3.8, 4) is 28.6 Å². The van der Waals surface area contributed by atoms with Gasteiger partial charge in [0.15, 0.2) is 23.9 Å². The highest BCUT2D eigenvalue weighted by Gasteiger charge is 2.19. The standard InChI is InChI=1S/C37H36Cl2N4O5/c1-6-46-32-16-23(5)29(19-28(32)22(3)4)36-42-31-11-9-8-10-27(31)37(45)43(36)40-20-24-17-30(39)35(33(18-24)47-7-2)48-21-34(44)41-26-14-12-25(38)13-15-26/h8-20,22H,6-7,21H2,1-5H3,(H,41,44). The third kappa shape index (κ3) is 7.81. The van der Waals surface area contributed by atoms with Crippen molar-refractivity contribution in [3.63, 3.8) is 0 Å². The zero-order chi connectivity index (χ0) is 34.4. The molecule has 48 heavy (non-hydrogen) atoms. The first-order valence-electron chi connectivity index (χ1n) is 15.6. The second-order valence-corrected chi connectivity index (χ2v) is 12.1. The van der Waals surface area contributed by atoms with Gasteiger partial charge < -0.3 is 19.5 Å². The number of amides is 1. The first-order chi connectivity index (χ1) is 23.1. The van der Waals surface area contributed by atoms with Gasteiger partial charge in [-0.05, 0) is 104 Å². The van der Waals surface area contributed by atoms with Crippen LogP contribution in [0.5, 0.6) is 17.2 Å². The molecule has 0 aliphatic rings. The van der Waals surface area contributed by atoms with E-state index in [0.29, 0.717) is 52.0 Å². The molecular formula is C37H36Cl2N4O5. The summed E-state index contributed by atoms with van der Waals surface area (Å²) in [6, 6.07) is 21.2. The van der Waals surface area contributed by atoms with E-state index >= 15 is 0 Å². The molecule has 0 atom stereocenters. The molecule has 1 aromatic heterocycles. The molecule has 0 saturated heterocycles. The topological polar surface area (TPSA) is 104 Å². The van der Waals surface area contributed by atoms with Crippen LogP contribution in [0, 0.1) is 6.92 Å². The van der Waals surface area contributed by atoms with Gasteiger partial charge >= 0.3 is 0 Å². The summed E-state index contributed by atoms with van der Waals surface area (Å²) in [5.41, 5.74) is 4.00. The van der Waals surface area contributed by atoms with Crippen molar-refractivity contribution in [2.45, 2.75) is 40.5 Å². The minimum atomic E-state index is -0.387. The van der Waals surface area contributed by atoms with E-state index in [0.717, 1.165) is 22.4 Å². The van der Waals surface area contributed by atoms with Crippen LogP contribution in [0.2, 0.25) is 10.0 Å². The van der Waals surface area contributed by atoms with Crippen LogP contribution in [0.3, 0.4) is 0 Å². The Labute approximate surface area is 289 Å². The molecule has 0 spiro atoms. The molecule has 0 radical (unpaired) electrons. The molecule has 0 bridgehead atoms. The second-order valence-electron chi connectivity index (χ2n) is 11.2. The maximum absolute atomic E-state index is 13.9. The Bertz CT molecular complexity index is 2040. The van der Waals surface area contributed by atoms with E-state index in [2.05, 4.69) is 24.3 Å². The molecule has 11 heteroatoms. The highest BCUT2D eigenvalue weighted by molar-refractivity contribution is 6.32. The molecule has 248 valence electrons. The molecule has 5 aromatic rings. The highest BCUT2D eigenvalue weighted by Crippen LogP contribution is 2.37. The Kier molecular flexibility index (Phi) is 11.0. The predicted molar refractivity (Wildman–Crippen MR) is 193 cm³/mol. The van der Waals surface area contributed by atoms with Crippen molar-refractivity contribution >= 4 is 51.9 Å². The number of hydrogen-bond acceptors (Lipinski definition) is 7. The van der Waals surface area contributed by atoms with Crippen LogP contribution in [0.25, 0.3) is 22.3 Å². The normalized spacial score (nSPS) is 11.3. The SMILES string of the molecule is CCOc1cc(C)c(-c2nc3ccccc3c(=O)n2N=Cc2cc(Cl)c(OCC(=O)Nc3ccc(Cl)cc3)c(OCC)c2)cc1C(C)C. The van der Waals surface area contributed by atoms with E-state index in [4.69, 9.17) is 42.4 Å². The smallest absolute Gasteiger partial charge is 0.282 e. The number of benzene rings is 4. The van der Waals surface area contributed by atoms with Crippen LogP contribution in [0.1, 0.15) is 50.3 Å². The number of ether oxygens (including phenoxy) is 3. The molecule has 1 heterocycles. The van der Waals surface area contributed by atoms with Crippen LogP contribution >= 0.6 is 23.2 Å². The van der Waals surface area contributed by atoms with Crippen molar-refractivity contribution in [2.24, 2.45) is 5.10 Å². The lowest BCUT2D eigenvalue weighted by Crippen LogP contribution is -2.21. The first kappa shape index (κ1) is 34.5. The Balaban J connectivity index is 1.52. The Hall–Kier alpha value is -4.86. The third-order valence-electron chi connectivity index (χ3n) is 7.40. The molecule has 4 aromatic carbocycles. The largest absolute Gasteiger partial charge is 0.494 e. The third-order valence-corrected chi connectivity index (χ3v) is 7.94. The maximum Gasteiger partial charge on any atom is 0.282 e. The number of aromatic nitrogens is 2. The van der Waals surface area contributed by atoms with Crippen LogP contribution in [-0.2, 0) is 4.79 Å². The molecule has 5 rings (SSSR count). The Morgan fingerprint density at radius 3 is 2.38 bits per heavy atom. The summed E-state index contributed by atoms with van der Waals surface area (Å²) < 4.78 is 18.8. The minimum Gasteiger partial charge on any atom is -0.494 e. The molecule has 0 fully saturated rings. The highest BCUT2D eigenvalue weighted by atomic mass is 35.5. The molecule has 1 amide bonds. The van der Waals surface area contributed by atoms with E-state index in [9.17, 15) is 9.59 Å². The van der Waals surface area contributed by atoms with Gasteiger partial charge in [0.05, 0.1) is 35.4 Å². The van der Waals surface area contributed by atoms with Gasteiger partial charge in [-0.15, -0.1) is 0 Å². The van der Waals surface area contributed by atoms with Crippen molar-refractivity contribution in [2.75, 3.05) is 25.1 Å². The molecule has 0 saturated carbocycles. The average Bonchev–Trinajstić information content (AvgIpc) is 3.05. The number of rotatable bonds is 12. The van der Waals surface area contributed by atoms with Gasteiger partial charge in [0.1, 0.15) is 5.75 Å². The quantitative estimate of drug-likeness (QED) is 0.132. The minimum absolute atomic E-state index is 0.165. The van der Waals surface area contributed by atoms with E-state index in [-0.39, 0.29) is 34.8 Å². The lowest BCUT2D eigenvalue weighted by molar-refractivity contribution is -0.118. The van der Waals surface area contributed by atoms with Crippen molar-refractivity contribution < 1.29 is 19.0 Å². The lowest BCUT2D eigenvalue weighted by Gasteiger charge is -2.18. The van der Waals surface area contributed by atoms with Gasteiger partial charge in [-0.2, -0.15) is 9.78 Å². The number of aryl methyl sites for hydroxylation is 1. The molecule has 1 N–H and O–H groups in total. The van der Waals surface area contributed by atoms with E-state index in [1.807, 2.05) is 45.0 Å². The number of para-hydroxylation sites is 1. The van der Waals surface area contributed by atoms with E-state index < -0.39 is 0 Å². The summed E-state index contributed by atoms with van der Waals surface area (Å²) in [6.07, 6.45) is 1.51. The number of nitrogens with zero attached hydrogens (tertiary/aromatic N) is 3. The van der Waals surface area contributed by atoms with Gasteiger partial charge in [0.25, 0.3) is 11.5 Å². The molecule has 9 nitrogen and oxygen atoms in total. The van der Waals surface area contributed by atoms with Gasteiger partial charge in [0.2, 0.25) is 0 Å². The number of carbonyl (C=O) groups is 1. The second kappa shape index (κ2) is 15.4. The number of anilines is 1. The lowest BCUT2D eigenvalue weighted by atomic mass is 9.96. The van der Waals surface area contributed by atoms with Crippen LogP contribution in [0.4, 0.5) is 5.69 Å². The summed E-state index contributed by atoms with van der Waals surface area (Å²) >= 11 is 12.6. The monoisotopic (exact) mass is 686 g/mol. The van der Waals surface area contributed by atoms with Gasteiger partial charge in [-0.3, -0.25) is 9.59 Å². The molecule has 0 aliphatic heterocycles. The zero-order valence-corrected chi connectivity index (χ0v) is 28.9. The number of fused-ring (bicyclic) bond motifs is 1. The fourth-order valence-corrected chi connectivity index (χ4v) is 5.53. The van der Waals surface area contributed by atoms with E-state index in [1.54, 1.807) is 48.5 Å². The van der Waals surface area contributed by atoms with Gasteiger partial charge in [-0.1, -0.05) is 49.2 Å². The number of hydrogen-bond donors (Lipinski definition) is 1. The van der Waals surface area contributed by atoms with Crippen LogP contribution < -0.4 is 25.1 Å². The fourth-order valence-electron chi connectivity index (χ4n) is 5.13. The zero-order valence-electron chi connectivity index (χ0n) is 27.3. The van der Waals surface area contributed by atoms with Crippen molar-refractivity contribution in [1.82, 2.24) is 9.66 Å². The van der Waals surface area contributed by atoms with Gasteiger partial charge in [-0.25, -0.2) is 4.98 Å². The van der Waals surface area contributed by atoms with Crippen LogP contribution in [-0.4, -0.2) is 41.6 Å². The number of nitrogens with one attached hydrogen (secondary N) is 1. The van der Waals surface area contributed by atoms with E-state index in [1.165, 1.54) is 10.9 Å². The summed E-state index contributed by atoms with van der Waals surface area (Å²) in [5, 5.41) is 8.57. The fraction of sp³-hybridized carbons (Fsp3) is 0.243. The summed E-state index contributed by atoms with van der Waals surface area (Å²) in [4.78, 5) is 31.4. The molecule has 0 unspecified atom stereocenters. The average molecular weight is 688 g/mol. The Morgan fingerprint density at radius 2 is 1.67 bits per heavy atom. The van der Waals surface area contributed by atoms with Crippen LogP contribution in [0.15, 0.2) is 82.7 Å². The summed E-state index contributed by atoms with van der Waals surface area (Å²) in [7, 11) is 0. The Morgan fingerprint density at radius 1 is 0.958 bits per heavy atom. The predicted octanol–water partition coefficient (Wildman–Crippen LogP) is 8.50. The molecular weight excluding hydrogens is 651 g/mol. The van der Waals surface area contributed by atoms with Crippen molar-refractivity contribution in [1.29, 1.82) is 0 Å². The van der Waals surface area contributed by atoms with Crippen molar-refractivity contribution in [3.05, 3.63) is 110 Å². The number of carbonyl (C=O) groups excluding carboxylic acids is 1. The van der Waals surface area contributed by atoms with Gasteiger partial charge in [0, 0.05) is 16.3 Å². The molecule has 0 aliphatic carbocycles. The summed E-state index contributed by atoms with van der Waals surface area (Å²) in [5.74, 6) is 1.49. The number of halogens is 2. The first-order valence-corrected chi connectivity index (χ1v) is 16.3. The maximum atomic E-state index is 13.9.